The number of nitrogens with zero attached hydrogens (tertiary/aromatic N) is 3. The number of anilines is 2. The number of hydrogen-bond acceptors (Lipinski definition) is 8. The predicted molar refractivity (Wildman–Crippen MR) is 111 cm³/mol. The van der Waals surface area contributed by atoms with E-state index in [0.717, 1.165) is 12.0 Å². The molecule has 1 aliphatic heterocycles. The lowest BCUT2D eigenvalue weighted by atomic mass is 10.2. The molecule has 1 aromatic carbocycles. The van der Waals surface area contributed by atoms with Crippen molar-refractivity contribution in [3.05, 3.63) is 40.5 Å². The van der Waals surface area contributed by atoms with Gasteiger partial charge in [0, 0.05) is 19.3 Å². The molecule has 0 aliphatic carbocycles. The number of carbonyl (C=O) groups is 2. The zero-order chi connectivity index (χ0) is 21.7. The highest BCUT2D eigenvalue weighted by atomic mass is 35.5. The van der Waals surface area contributed by atoms with Crippen molar-refractivity contribution in [3.8, 4) is 5.75 Å². The lowest BCUT2D eigenvalue weighted by Gasteiger charge is -2.22. The fourth-order valence-corrected chi connectivity index (χ4v) is 3.55. The van der Waals surface area contributed by atoms with E-state index in [9.17, 15) is 14.7 Å². The smallest absolute Gasteiger partial charge is 0.343 e. The number of halogens is 1. The Morgan fingerprint density at radius 2 is 2.20 bits per heavy atom. The summed E-state index contributed by atoms with van der Waals surface area (Å²) >= 11 is 6.18. The zero-order valence-corrected chi connectivity index (χ0v) is 17.5. The Bertz CT molecular complexity index is 939. The number of carboxylic acids is 1. The van der Waals surface area contributed by atoms with Crippen LogP contribution in [-0.2, 0) is 16.1 Å². The van der Waals surface area contributed by atoms with E-state index >= 15 is 0 Å². The van der Waals surface area contributed by atoms with Gasteiger partial charge in [0.1, 0.15) is 23.2 Å². The first-order chi connectivity index (χ1) is 14.4. The minimum atomic E-state index is -0.923. The molecule has 10 heteroatoms. The largest absolute Gasteiger partial charge is 0.495 e. The van der Waals surface area contributed by atoms with Gasteiger partial charge >= 0.3 is 11.9 Å². The van der Waals surface area contributed by atoms with Crippen LogP contribution in [0.15, 0.2) is 24.4 Å². The van der Waals surface area contributed by atoms with Crippen LogP contribution in [0, 0.1) is 0 Å². The number of nitrogens with one attached hydrogen (secondary N) is 1. The van der Waals surface area contributed by atoms with E-state index in [-0.39, 0.29) is 23.9 Å². The molecule has 3 rings (SSSR count). The van der Waals surface area contributed by atoms with E-state index in [1.807, 2.05) is 6.07 Å². The van der Waals surface area contributed by atoms with Crippen molar-refractivity contribution in [1.29, 1.82) is 0 Å². The molecule has 0 unspecified atom stereocenters. The average Bonchev–Trinajstić information content (AvgIpc) is 3.22. The van der Waals surface area contributed by atoms with Crippen LogP contribution in [0.5, 0.6) is 5.75 Å². The molecule has 0 amide bonds. The summed E-state index contributed by atoms with van der Waals surface area (Å²) in [7, 11) is 1.54. The predicted octanol–water partition coefficient (Wildman–Crippen LogP) is 2.98. The highest BCUT2D eigenvalue weighted by Gasteiger charge is 2.33. The van der Waals surface area contributed by atoms with Gasteiger partial charge in [0.15, 0.2) is 0 Å². The van der Waals surface area contributed by atoms with Gasteiger partial charge in [-0.2, -0.15) is 4.98 Å². The standard InChI is InChI=1S/C20H23ClN4O5/c1-3-30-19(28)13-11-23-20(25-8-4-5-15(25)18(26)27)24-17(13)22-10-12-6-7-16(29-2)14(21)9-12/h6-7,9,11,15H,3-5,8,10H2,1-2H3,(H,26,27)(H,22,23,24)/t15-/m0/s1. The molecule has 1 aliphatic rings. The fourth-order valence-electron chi connectivity index (χ4n) is 3.27. The summed E-state index contributed by atoms with van der Waals surface area (Å²) in [5, 5.41) is 13.0. The second kappa shape index (κ2) is 9.62. The Labute approximate surface area is 179 Å². The number of carboxylic acid groups (broad SMARTS) is 1. The first kappa shape index (κ1) is 21.6. The Balaban J connectivity index is 1.88. The molecule has 30 heavy (non-hydrogen) atoms. The SMILES string of the molecule is CCOC(=O)c1cnc(N2CCC[C@H]2C(=O)O)nc1NCc1ccc(OC)c(Cl)c1. The third-order valence-corrected chi connectivity index (χ3v) is 5.04. The van der Waals surface area contributed by atoms with Gasteiger partial charge in [-0.1, -0.05) is 17.7 Å². The van der Waals surface area contributed by atoms with Crippen molar-refractivity contribution in [2.75, 3.05) is 30.5 Å². The second-order valence-electron chi connectivity index (χ2n) is 6.66. The molecular formula is C20H23ClN4O5. The lowest BCUT2D eigenvalue weighted by Crippen LogP contribution is -2.37. The summed E-state index contributed by atoms with van der Waals surface area (Å²) in [5.41, 5.74) is 1.02. The van der Waals surface area contributed by atoms with Gasteiger partial charge in [0.2, 0.25) is 5.95 Å². The van der Waals surface area contributed by atoms with E-state index in [1.54, 1.807) is 24.0 Å². The van der Waals surface area contributed by atoms with Crippen LogP contribution in [0.2, 0.25) is 5.02 Å². The first-order valence-electron chi connectivity index (χ1n) is 9.54. The van der Waals surface area contributed by atoms with Crippen LogP contribution in [0.1, 0.15) is 35.7 Å². The minimum Gasteiger partial charge on any atom is -0.495 e. The van der Waals surface area contributed by atoms with E-state index < -0.39 is 18.0 Å². The van der Waals surface area contributed by atoms with E-state index in [1.165, 1.54) is 13.3 Å². The van der Waals surface area contributed by atoms with Gasteiger partial charge in [-0.15, -0.1) is 0 Å². The van der Waals surface area contributed by atoms with Gasteiger partial charge < -0.3 is 24.8 Å². The highest BCUT2D eigenvalue weighted by Crippen LogP contribution is 2.27. The van der Waals surface area contributed by atoms with Crippen molar-refractivity contribution < 1.29 is 24.2 Å². The molecular weight excluding hydrogens is 412 g/mol. The summed E-state index contributed by atoms with van der Waals surface area (Å²) in [6, 6.07) is 4.65. The number of aliphatic carboxylic acids is 1. The third kappa shape index (κ3) is 4.73. The Morgan fingerprint density at radius 3 is 2.87 bits per heavy atom. The molecule has 1 saturated heterocycles. The molecule has 2 heterocycles. The van der Waals surface area contributed by atoms with Crippen LogP contribution < -0.4 is 15.0 Å². The first-order valence-corrected chi connectivity index (χ1v) is 9.92. The molecule has 0 spiro atoms. The van der Waals surface area contributed by atoms with Crippen molar-refractivity contribution in [1.82, 2.24) is 9.97 Å². The molecule has 0 radical (unpaired) electrons. The molecule has 1 fully saturated rings. The number of benzene rings is 1. The van der Waals surface area contributed by atoms with Crippen molar-refractivity contribution >= 4 is 35.3 Å². The Morgan fingerprint density at radius 1 is 1.40 bits per heavy atom. The number of methoxy groups -OCH3 is 1. The van der Waals surface area contributed by atoms with Gasteiger partial charge in [-0.3, -0.25) is 0 Å². The second-order valence-corrected chi connectivity index (χ2v) is 7.07. The maximum atomic E-state index is 12.3. The number of hydrogen-bond donors (Lipinski definition) is 2. The van der Waals surface area contributed by atoms with Gasteiger partial charge in [-0.05, 0) is 37.5 Å². The van der Waals surface area contributed by atoms with Gasteiger partial charge in [-0.25, -0.2) is 14.6 Å². The minimum absolute atomic E-state index is 0.172. The fraction of sp³-hybridized carbons (Fsp3) is 0.400. The molecule has 2 aromatic rings. The molecule has 1 aromatic heterocycles. The Hall–Kier alpha value is -3.07. The van der Waals surface area contributed by atoms with Crippen LogP contribution >= 0.6 is 11.6 Å². The molecule has 2 N–H and O–H groups in total. The maximum Gasteiger partial charge on any atom is 0.343 e. The summed E-state index contributed by atoms with van der Waals surface area (Å²) < 4.78 is 10.2. The number of carbonyl (C=O) groups excluding carboxylic acids is 1. The maximum absolute atomic E-state index is 12.3. The van der Waals surface area contributed by atoms with Gasteiger partial charge in [0.25, 0.3) is 0 Å². The third-order valence-electron chi connectivity index (χ3n) is 4.74. The number of esters is 1. The average molecular weight is 435 g/mol. The van der Waals surface area contributed by atoms with E-state index in [4.69, 9.17) is 21.1 Å². The summed E-state index contributed by atoms with van der Waals surface area (Å²) in [5.74, 6) is -0.404. The van der Waals surface area contributed by atoms with Crippen molar-refractivity contribution in [2.45, 2.75) is 32.4 Å². The van der Waals surface area contributed by atoms with Crippen LogP contribution in [0.25, 0.3) is 0 Å². The Kier molecular flexibility index (Phi) is 6.94. The van der Waals surface area contributed by atoms with E-state index in [0.29, 0.717) is 30.3 Å². The van der Waals surface area contributed by atoms with Crippen molar-refractivity contribution in [3.63, 3.8) is 0 Å². The van der Waals surface area contributed by atoms with Crippen molar-refractivity contribution in [2.24, 2.45) is 0 Å². The quantitative estimate of drug-likeness (QED) is 0.605. The molecule has 0 bridgehead atoms. The monoisotopic (exact) mass is 434 g/mol. The van der Waals surface area contributed by atoms with Crippen LogP contribution in [0.3, 0.4) is 0 Å². The topological polar surface area (TPSA) is 114 Å². The van der Waals surface area contributed by atoms with E-state index in [2.05, 4.69) is 15.3 Å². The molecule has 9 nitrogen and oxygen atoms in total. The number of ether oxygens (including phenoxy) is 2. The van der Waals surface area contributed by atoms with Crippen LogP contribution in [-0.4, -0.2) is 53.3 Å². The van der Waals surface area contributed by atoms with Gasteiger partial charge in [0.05, 0.1) is 18.7 Å². The summed E-state index contributed by atoms with van der Waals surface area (Å²) in [6.07, 6.45) is 2.61. The molecule has 1 atom stereocenters. The highest BCUT2D eigenvalue weighted by molar-refractivity contribution is 6.32. The van der Waals surface area contributed by atoms with Crippen LogP contribution in [0.4, 0.5) is 11.8 Å². The number of aromatic nitrogens is 2. The normalized spacial score (nSPS) is 15.7. The number of rotatable bonds is 8. The summed E-state index contributed by atoms with van der Waals surface area (Å²) in [6.45, 7) is 2.78. The molecule has 0 saturated carbocycles. The summed E-state index contributed by atoms with van der Waals surface area (Å²) in [4.78, 5) is 34.1. The zero-order valence-electron chi connectivity index (χ0n) is 16.7. The molecule has 160 valence electrons. The lowest BCUT2D eigenvalue weighted by molar-refractivity contribution is -0.138.